The number of hydrogen-bond acceptors (Lipinski definition) is 6. The lowest BCUT2D eigenvalue weighted by atomic mass is 10.1. The standard InChI is InChI=1S/C77H118O6/c1-4-7-10-13-16-19-22-25-28-30-32-34-35-36-37-38-39-40-41-43-44-46-49-52-55-58-61-64-67-70-76(79)82-73-74(72-81-75(78)69-66-63-60-57-54-51-48-27-24-21-18-15-12-9-6-3)83-77(80)71-68-65-62-59-56-53-50-47-45-42-33-31-29-26-23-20-17-14-11-8-5-2/h7,9-10,12,16,18-19,21,23,25-28,31-34,36-37,39-40,43-45,47-49,52,54,57,63,66,74H,4-6,8,11,13-15,17,20,22,24,29-30,35,38,41-42,46,50-51,53,55-56,58-62,64-65,67-73H2,1-3H3/b10-7-,12-9-,19-16-,21-18-,26-23-,28-25-,33-31-,34-32-,37-36-,40-39-,44-43-,47-45-,48-27-,52-49-,57-54-,66-63-. The summed E-state index contributed by atoms with van der Waals surface area (Å²) >= 11 is 0. The maximum Gasteiger partial charge on any atom is 0.309 e. The number of allylic oxidation sites excluding steroid dienone is 31. The van der Waals surface area contributed by atoms with Gasteiger partial charge in [-0.3, -0.25) is 14.4 Å². The first kappa shape index (κ1) is 77.2. The highest BCUT2D eigenvalue weighted by Gasteiger charge is 2.19. The van der Waals surface area contributed by atoms with Crippen molar-refractivity contribution in [1.29, 1.82) is 0 Å². The van der Waals surface area contributed by atoms with Crippen LogP contribution in [0.5, 0.6) is 0 Å². The van der Waals surface area contributed by atoms with Gasteiger partial charge in [-0.25, -0.2) is 0 Å². The molecule has 1 unspecified atom stereocenters. The summed E-state index contributed by atoms with van der Waals surface area (Å²) in [5, 5.41) is 0. The number of carbonyl (C=O) groups is 3. The molecule has 0 aliphatic heterocycles. The molecule has 83 heavy (non-hydrogen) atoms. The van der Waals surface area contributed by atoms with Crippen LogP contribution in [0.15, 0.2) is 194 Å². The maximum absolute atomic E-state index is 12.9. The van der Waals surface area contributed by atoms with Gasteiger partial charge in [-0.1, -0.05) is 279 Å². The third kappa shape index (κ3) is 66.9. The van der Waals surface area contributed by atoms with E-state index in [0.717, 1.165) is 161 Å². The van der Waals surface area contributed by atoms with E-state index in [-0.39, 0.29) is 38.0 Å². The van der Waals surface area contributed by atoms with Crippen LogP contribution < -0.4 is 0 Å². The Kier molecular flexibility index (Phi) is 64.0. The highest BCUT2D eigenvalue weighted by Crippen LogP contribution is 2.13. The lowest BCUT2D eigenvalue weighted by Gasteiger charge is -2.18. The van der Waals surface area contributed by atoms with Crippen LogP contribution in [0.25, 0.3) is 0 Å². The molecule has 0 N–H and O–H groups in total. The largest absolute Gasteiger partial charge is 0.462 e. The third-order valence-electron chi connectivity index (χ3n) is 13.1. The second-order valence-corrected chi connectivity index (χ2v) is 20.9. The van der Waals surface area contributed by atoms with Crippen LogP contribution in [0.1, 0.15) is 252 Å². The minimum Gasteiger partial charge on any atom is -0.462 e. The Morgan fingerprint density at radius 2 is 0.518 bits per heavy atom. The SMILES string of the molecule is CC/C=C\C/C=C\C/C=C\C/C=C\C/C=C\C/C=C\C/C=C\C/C=C\CCCCCCC(=O)OCC(COC(=O)C/C=C\C/C=C\C/C=C\C/C=C\C/C=C\CC)OC(=O)CCCCCCCC/C=C\C/C=C\C/C=C\CCCCCCC. The van der Waals surface area contributed by atoms with E-state index in [4.69, 9.17) is 14.2 Å². The van der Waals surface area contributed by atoms with E-state index >= 15 is 0 Å². The van der Waals surface area contributed by atoms with E-state index in [2.05, 4.69) is 203 Å². The lowest BCUT2D eigenvalue weighted by Crippen LogP contribution is -2.30. The van der Waals surface area contributed by atoms with Gasteiger partial charge < -0.3 is 14.2 Å². The summed E-state index contributed by atoms with van der Waals surface area (Å²) in [5.74, 6) is -1.11. The van der Waals surface area contributed by atoms with Crippen molar-refractivity contribution in [2.75, 3.05) is 13.2 Å². The van der Waals surface area contributed by atoms with E-state index in [1.54, 1.807) is 6.08 Å². The summed E-state index contributed by atoms with van der Waals surface area (Å²) in [6.07, 6.45) is 105. The molecule has 1 atom stereocenters. The molecule has 0 rings (SSSR count). The first-order valence-electron chi connectivity index (χ1n) is 32.9. The second kappa shape index (κ2) is 68.7. The quantitative estimate of drug-likeness (QED) is 0.0261. The predicted molar refractivity (Wildman–Crippen MR) is 361 cm³/mol. The third-order valence-corrected chi connectivity index (χ3v) is 13.1. The fraction of sp³-hybridized carbons (Fsp3) is 0.545. The molecule has 0 aliphatic carbocycles. The Hall–Kier alpha value is -5.75. The molecule has 0 saturated heterocycles. The molecule has 0 radical (unpaired) electrons. The Morgan fingerprint density at radius 1 is 0.265 bits per heavy atom. The number of carbonyl (C=O) groups excluding carboxylic acids is 3. The van der Waals surface area contributed by atoms with Gasteiger partial charge >= 0.3 is 17.9 Å². The van der Waals surface area contributed by atoms with Gasteiger partial charge in [0.25, 0.3) is 0 Å². The van der Waals surface area contributed by atoms with E-state index < -0.39 is 12.1 Å². The van der Waals surface area contributed by atoms with Crippen molar-refractivity contribution in [3.63, 3.8) is 0 Å². The maximum atomic E-state index is 12.9. The zero-order valence-corrected chi connectivity index (χ0v) is 52.9. The van der Waals surface area contributed by atoms with Gasteiger partial charge in [0.05, 0.1) is 6.42 Å². The van der Waals surface area contributed by atoms with Gasteiger partial charge in [0.2, 0.25) is 0 Å². The van der Waals surface area contributed by atoms with Crippen molar-refractivity contribution in [2.45, 2.75) is 258 Å². The molecule has 0 aliphatic rings. The molecule has 462 valence electrons. The smallest absolute Gasteiger partial charge is 0.309 e. The van der Waals surface area contributed by atoms with E-state index in [0.29, 0.717) is 6.42 Å². The lowest BCUT2D eigenvalue weighted by molar-refractivity contribution is -0.166. The van der Waals surface area contributed by atoms with Crippen molar-refractivity contribution in [3.8, 4) is 0 Å². The minimum atomic E-state index is -0.850. The van der Waals surface area contributed by atoms with Gasteiger partial charge in [0, 0.05) is 12.8 Å². The number of esters is 3. The summed E-state index contributed by atoms with van der Waals surface area (Å²) in [6, 6.07) is 0. The Bertz CT molecular complexity index is 1990. The first-order chi connectivity index (χ1) is 41.0. The minimum absolute atomic E-state index is 0.109. The fourth-order valence-electron chi connectivity index (χ4n) is 8.24. The summed E-state index contributed by atoms with van der Waals surface area (Å²) in [6.45, 7) is 6.27. The van der Waals surface area contributed by atoms with Crippen LogP contribution in [0.4, 0.5) is 0 Å². The second-order valence-electron chi connectivity index (χ2n) is 20.9. The number of ether oxygens (including phenoxy) is 3. The molecule has 0 fully saturated rings. The molecule has 6 heteroatoms. The van der Waals surface area contributed by atoms with Gasteiger partial charge in [-0.05, 0) is 148 Å². The van der Waals surface area contributed by atoms with Crippen molar-refractivity contribution in [3.05, 3.63) is 194 Å². The van der Waals surface area contributed by atoms with Crippen molar-refractivity contribution in [2.24, 2.45) is 0 Å². The molecule has 0 bridgehead atoms. The molecule has 0 saturated carbocycles. The monoisotopic (exact) mass is 1140 g/mol. The average Bonchev–Trinajstić information content (AvgIpc) is 3.49. The van der Waals surface area contributed by atoms with Crippen LogP contribution in [0.3, 0.4) is 0 Å². The zero-order chi connectivity index (χ0) is 59.9. The predicted octanol–water partition coefficient (Wildman–Crippen LogP) is 23.0. The van der Waals surface area contributed by atoms with Gasteiger partial charge in [0.15, 0.2) is 6.10 Å². The molecule has 0 aromatic rings. The average molecular weight is 1140 g/mol. The van der Waals surface area contributed by atoms with Crippen molar-refractivity contribution < 1.29 is 28.6 Å². The molecular weight excluding hydrogens is 1020 g/mol. The summed E-state index contributed by atoms with van der Waals surface area (Å²) in [7, 11) is 0. The Morgan fingerprint density at radius 3 is 0.843 bits per heavy atom. The molecule has 6 nitrogen and oxygen atoms in total. The molecule has 0 aromatic heterocycles. The molecular formula is C77H118O6. The molecule has 0 aromatic carbocycles. The van der Waals surface area contributed by atoms with Crippen molar-refractivity contribution in [1.82, 2.24) is 0 Å². The van der Waals surface area contributed by atoms with E-state index in [9.17, 15) is 14.4 Å². The van der Waals surface area contributed by atoms with Crippen LogP contribution in [-0.4, -0.2) is 37.2 Å². The molecule has 0 amide bonds. The Balaban J connectivity index is 4.54. The molecule has 0 spiro atoms. The van der Waals surface area contributed by atoms with Crippen LogP contribution in [-0.2, 0) is 28.6 Å². The van der Waals surface area contributed by atoms with Crippen LogP contribution >= 0.6 is 0 Å². The highest BCUT2D eigenvalue weighted by molar-refractivity contribution is 5.72. The normalized spacial score (nSPS) is 13.4. The van der Waals surface area contributed by atoms with Crippen molar-refractivity contribution >= 4 is 17.9 Å². The topological polar surface area (TPSA) is 78.9 Å². The zero-order valence-electron chi connectivity index (χ0n) is 52.9. The van der Waals surface area contributed by atoms with Gasteiger partial charge in [0.1, 0.15) is 13.2 Å². The van der Waals surface area contributed by atoms with Crippen LogP contribution in [0.2, 0.25) is 0 Å². The summed E-state index contributed by atoms with van der Waals surface area (Å²) < 4.78 is 16.8. The number of hydrogen-bond donors (Lipinski definition) is 0. The summed E-state index contributed by atoms with van der Waals surface area (Å²) in [4.78, 5) is 38.3. The number of unbranched alkanes of at least 4 members (excludes halogenated alkanes) is 15. The summed E-state index contributed by atoms with van der Waals surface area (Å²) in [5.41, 5.74) is 0. The first-order valence-corrected chi connectivity index (χ1v) is 32.9. The highest BCUT2D eigenvalue weighted by atomic mass is 16.6. The Labute approximate surface area is 509 Å². The van der Waals surface area contributed by atoms with E-state index in [1.807, 2.05) is 6.08 Å². The fourth-order valence-corrected chi connectivity index (χ4v) is 8.24. The van der Waals surface area contributed by atoms with Crippen LogP contribution in [0, 0.1) is 0 Å². The van der Waals surface area contributed by atoms with Gasteiger partial charge in [-0.2, -0.15) is 0 Å². The van der Waals surface area contributed by atoms with Gasteiger partial charge in [-0.15, -0.1) is 0 Å². The molecule has 0 heterocycles. The number of rotatable bonds is 57. The van der Waals surface area contributed by atoms with E-state index in [1.165, 1.54) is 51.4 Å².